The van der Waals surface area contributed by atoms with Crippen LogP contribution in [0.15, 0.2) is 12.1 Å². The maximum absolute atomic E-state index is 13.8. The molecule has 1 aromatic rings. The van der Waals surface area contributed by atoms with Crippen molar-refractivity contribution in [2.75, 3.05) is 7.11 Å². The van der Waals surface area contributed by atoms with Crippen molar-refractivity contribution < 1.29 is 23.8 Å². The predicted molar refractivity (Wildman–Crippen MR) is 69.2 cm³/mol. The fourth-order valence-electron chi connectivity index (χ4n) is 1.66. The molecule has 1 unspecified atom stereocenters. The second kappa shape index (κ2) is 6.41. The Morgan fingerprint density at radius 2 is 1.95 bits per heavy atom. The van der Waals surface area contributed by atoms with Crippen LogP contribution in [0.3, 0.4) is 0 Å². The molecule has 1 rings (SSSR count). The van der Waals surface area contributed by atoms with Crippen molar-refractivity contribution in [2.45, 2.75) is 33.3 Å². The molecular weight excluding hydrogens is 251 g/mol. The van der Waals surface area contributed by atoms with Crippen molar-refractivity contribution in [3.8, 4) is 11.5 Å². The van der Waals surface area contributed by atoms with Crippen molar-refractivity contribution in [2.24, 2.45) is 5.92 Å². The van der Waals surface area contributed by atoms with E-state index in [1.165, 1.54) is 26.2 Å². The first-order valence-electron chi connectivity index (χ1n) is 6.11. The van der Waals surface area contributed by atoms with Crippen molar-refractivity contribution in [1.82, 2.24) is 0 Å². The van der Waals surface area contributed by atoms with Gasteiger partial charge in [-0.1, -0.05) is 6.92 Å². The fourth-order valence-corrected chi connectivity index (χ4v) is 1.66. The topological polar surface area (TPSA) is 55.8 Å². The summed E-state index contributed by atoms with van der Waals surface area (Å²) in [6.45, 7) is 5.24. The number of carbonyl (C=O) groups is 1. The third-order valence-electron chi connectivity index (χ3n) is 2.64. The SMILES string of the molecule is COc1cc(F)c(CC(C)C(=O)O)cc1OC(C)C. The molecule has 0 aromatic heterocycles. The number of ether oxygens (including phenoxy) is 2. The van der Waals surface area contributed by atoms with E-state index in [4.69, 9.17) is 14.6 Å². The van der Waals surface area contributed by atoms with Crippen LogP contribution in [0, 0.1) is 11.7 Å². The number of hydrogen-bond acceptors (Lipinski definition) is 3. The van der Waals surface area contributed by atoms with Gasteiger partial charge in [0.15, 0.2) is 11.5 Å². The molecule has 0 bridgehead atoms. The van der Waals surface area contributed by atoms with Gasteiger partial charge in [0.2, 0.25) is 0 Å². The van der Waals surface area contributed by atoms with Crippen LogP contribution in [0.2, 0.25) is 0 Å². The molecule has 0 saturated carbocycles. The summed E-state index contributed by atoms with van der Waals surface area (Å²) in [4.78, 5) is 10.8. The molecule has 0 fully saturated rings. The van der Waals surface area contributed by atoms with E-state index in [1.807, 2.05) is 13.8 Å². The highest BCUT2D eigenvalue weighted by Gasteiger charge is 2.18. The largest absolute Gasteiger partial charge is 0.493 e. The Morgan fingerprint density at radius 3 is 2.42 bits per heavy atom. The van der Waals surface area contributed by atoms with Crippen LogP contribution in [0.25, 0.3) is 0 Å². The lowest BCUT2D eigenvalue weighted by molar-refractivity contribution is -0.141. The summed E-state index contributed by atoms with van der Waals surface area (Å²) in [6, 6.07) is 2.73. The first-order valence-corrected chi connectivity index (χ1v) is 6.11. The first kappa shape index (κ1) is 15.3. The molecule has 0 heterocycles. The van der Waals surface area contributed by atoms with E-state index < -0.39 is 17.7 Å². The highest BCUT2D eigenvalue weighted by atomic mass is 19.1. The summed E-state index contributed by atoms with van der Waals surface area (Å²) in [5.41, 5.74) is 0.311. The normalized spacial score (nSPS) is 12.3. The Labute approximate surface area is 112 Å². The third-order valence-corrected chi connectivity index (χ3v) is 2.64. The highest BCUT2D eigenvalue weighted by Crippen LogP contribution is 2.32. The van der Waals surface area contributed by atoms with Crippen LogP contribution in [-0.4, -0.2) is 24.3 Å². The van der Waals surface area contributed by atoms with Gasteiger partial charge in [0.05, 0.1) is 19.1 Å². The fraction of sp³-hybridized carbons (Fsp3) is 0.500. The minimum Gasteiger partial charge on any atom is -0.493 e. The molecule has 19 heavy (non-hydrogen) atoms. The maximum Gasteiger partial charge on any atom is 0.306 e. The molecule has 0 aliphatic carbocycles. The van der Waals surface area contributed by atoms with Crippen LogP contribution in [0.4, 0.5) is 4.39 Å². The minimum absolute atomic E-state index is 0.0795. The van der Waals surface area contributed by atoms with E-state index in [9.17, 15) is 9.18 Å². The zero-order valence-corrected chi connectivity index (χ0v) is 11.6. The van der Waals surface area contributed by atoms with Gasteiger partial charge in [-0.15, -0.1) is 0 Å². The second-order valence-electron chi connectivity index (χ2n) is 4.70. The van der Waals surface area contributed by atoms with Crippen LogP contribution in [0.1, 0.15) is 26.3 Å². The van der Waals surface area contributed by atoms with Gasteiger partial charge in [-0.2, -0.15) is 0 Å². The molecule has 0 spiro atoms. The zero-order valence-electron chi connectivity index (χ0n) is 11.6. The smallest absolute Gasteiger partial charge is 0.306 e. The Kier molecular flexibility index (Phi) is 5.15. The Balaban J connectivity index is 3.08. The standard InChI is InChI=1S/C14H19FO4/c1-8(2)19-13-6-10(5-9(3)14(16)17)11(15)7-12(13)18-4/h6-9H,5H2,1-4H3,(H,16,17). The number of carboxylic acid groups (broad SMARTS) is 1. The molecule has 4 nitrogen and oxygen atoms in total. The average molecular weight is 270 g/mol. The predicted octanol–water partition coefficient (Wildman–Crippen LogP) is 2.88. The molecule has 0 radical (unpaired) electrons. The quantitative estimate of drug-likeness (QED) is 0.863. The summed E-state index contributed by atoms with van der Waals surface area (Å²) >= 11 is 0. The summed E-state index contributed by atoms with van der Waals surface area (Å²) in [5, 5.41) is 8.87. The Bertz CT molecular complexity index is 457. The van der Waals surface area contributed by atoms with Gasteiger partial charge < -0.3 is 14.6 Å². The molecule has 1 aromatic carbocycles. The van der Waals surface area contributed by atoms with Gasteiger partial charge in [-0.3, -0.25) is 4.79 Å². The number of benzene rings is 1. The molecule has 0 saturated heterocycles. The van der Waals surface area contributed by atoms with Gasteiger partial charge in [-0.05, 0) is 31.9 Å². The number of rotatable bonds is 6. The number of hydrogen-bond donors (Lipinski definition) is 1. The van der Waals surface area contributed by atoms with Crippen molar-refractivity contribution in [3.05, 3.63) is 23.5 Å². The van der Waals surface area contributed by atoms with Gasteiger partial charge in [0, 0.05) is 6.07 Å². The summed E-state index contributed by atoms with van der Waals surface area (Å²) in [5.74, 6) is -1.37. The third kappa shape index (κ3) is 4.12. The number of carboxylic acids is 1. The molecular formula is C14H19FO4. The lowest BCUT2D eigenvalue weighted by Crippen LogP contribution is -2.14. The Hall–Kier alpha value is -1.78. The van der Waals surface area contributed by atoms with E-state index in [0.29, 0.717) is 17.1 Å². The van der Waals surface area contributed by atoms with Crippen molar-refractivity contribution >= 4 is 5.97 Å². The summed E-state index contributed by atoms with van der Waals surface area (Å²) in [7, 11) is 1.43. The lowest BCUT2D eigenvalue weighted by atomic mass is 10.0. The molecule has 5 heteroatoms. The Morgan fingerprint density at radius 1 is 1.32 bits per heavy atom. The molecule has 0 aliphatic rings. The van der Waals surface area contributed by atoms with Crippen LogP contribution < -0.4 is 9.47 Å². The van der Waals surface area contributed by atoms with E-state index in [1.54, 1.807) is 0 Å². The lowest BCUT2D eigenvalue weighted by Gasteiger charge is -2.16. The number of aliphatic carboxylic acids is 1. The van der Waals surface area contributed by atoms with E-state index >= 15 is 0 Å². The van der Waals surface area contributed by atoms with Gasteiger partial charge >= 0.3 is 5.97 Å². The summed E-state index contributed by atoms with van der Waals surface area (Å²) < 4.78 is 24.4. The second-order valence-corrected chi connectivity index (χ2v) is 4.70. The average Bonchev–Trinajstić information content (AvgIpc) is 2.31. The molecule has 1 atom stereocenters. The molecule has 106 valence electrons. The monoisotopic (exact) mass is 270 g/mol. The number of methoxy groups -OCH3 is 1. The highest BCUT2D eigenvalue weighted by molar-refractivity contribution is 5.70. The van der Waals surface area contributed by atoms with Crippen LogP contribution in [-0.2, 0) is 11.2 Å². The van der Waals surface area contributed by atoms with Crippen LogP contribution >= 0.6 is 0 Å². The van der Waals surface area contributed by atoms with Crippen LogP contribution in [0.5, 0.6) is 11.5 Å². The van der Waals surface area contributed by atoms with E-state index in [2.05, 4.69) is 0 Å². The summed E-state index contributed by atoms with van der Waals surface area (Å²) in [6.07, 6.45) is 0.0312. The van der Waals surface area contributed by atoms with Crippen molar-refractivity contribution in [1.29, 1.82) is 0 Å². The zero-order chi connectivity index (χ0) is 14.6. The molecule has 0 aliphatic heterocycles. The van der Waals surface area contributed by atoms with E-state index in [0.717, 1.165) is 0 Å². The maximum atomic E-state index is 13.8. The van der Waals surface area contributed by atoms with Gasteiger partial charge in [0.25, 0.3) is 0 Å². The van der Waals surface area contributed by atoms with Gasteiger partial charge in [0.1, 0.15) is 5.82 Å². The minimum atomic E-state index is -0.957. The number of halogens is 1. The molecule has 0 amide bonds. The van der Waals surface area contributed by atoms with E-state index in [-0.39, 0.29) is 12.5 Å². The molecule has 1 N–H and O–H groups in total. The van der Waals surface area contributed by atoms with Gasteiger partial charge in [-0.25, -0.2) is 4.39 Å². The first-order chi connectivity index (χ1) is 8.85. The van der Waals surface area contributed by atoms with Crippen molar-refractivity contribution in [3.63, 3.8) is 0 Å².